The minimum absolute atomic E-state index is 0.0240. The van der Waals surface area contributed by atoms with E-state index in [9.17, 15) is 5.11 Å². The lowest BCUT2D eigenvalue weighted by Crippen LogP contribution is -2.31. The number of aliphatic hydroxyl groups is 1. The van der Waals surface area contributed by atoms with Crippen molar-refractivity contribution >= 4 is 0 Å². The van der Waals surface area contributed by atoms with Crippen LogP contribution < -0.4 is 0 Å². The lowest BCUT2D eigenvalue weighted by molar-refractivity contribution is 0.0141. The van der Waals surface area contributed by atoms with Crippen LogP contribution in [-0.2, 0) is 4.74 Å². The second-order valence-corrected chi connectivity index (χ2v) is 5.54. The summed E-state index contributed by atoms with van der Waals surface area (Å²) in [6, 6.07) is 0. The predicted molar refractivity (Wildman–Crippen MR) is 60.7 cm³/mol. The Morgan fingerprint density at radius 1 is 1.13 bits per heavy atom. The van der Waals surface area contributed by atoms with Crippen molar-refractivity contribution in [1.29, 1.82) is 0 Å². The molecule has 2 rings (SSSR count). The fourth-order valence-electron chi connectivity index (χ4n) is 3.15. The Balaban J connectivity index is 1.80. The number of hydrogen-bond acceptors (Lipinski definition) is 2. The van der Waals surface area contributed by atoms with Crippen LogP contribution in [0, 0.1) is 17.8 Å². The van der Waals surface area contributed by atoms with E-state index in [1.54, 1.807) is 0 Å². The van der Waals surface area contributed by atoms with E-state index < -0.39 is 0 Å². The number of hydrogen-bond donors (Lipinski definition) is 1. The second kappa shape index (κ2) is 5.31. The second-order valence-electron chi connectivity index (χ2n) is 5.54. The standard InChI is InChI=1S/C13H24O2/c1-10-2-3-13(14)12(8-10)9-11-4-6-15-7-5-11/h10-14H,2-9H2,1H3. The van der Waals surface area contributed by atoms with Crippen LogP contribution in [0.15, 0.2) is 0 Å². The third-order valence-electron chi connectivity index (χ3n) is 4.18. The largest absolute Gasteiger partial charge is 0.393 e. The van der Waals surface area contributed by atoms with Crippen LogP contribution in [0.3, 0.4) is 0 Å². The van der Waals surface area contributed by atoms with Crippen molar-refractivity contribution in [3.8, 4) is 0 Å². The van der Waals surface area contributed by atoms with Crippen LogP contribution in [0.2, 0.25) is 0 Å². The average Bonchev–Trinajstić information content (AvgIpc) is 2.25. The molecule has 2 nitrogen and oxygen atoms in total. The first-order chi connectivity index (χ1) is 7.25. The summed E-state index contributed by atoms with van der Waals surface area (Å²) in [6.07, 6.45) is 7.09. The van der Waals surface area contributed by atoms with Gasteiger partial charge in [0.05, 0.1) is 6.10 Å². The Hall–Kier alpha value is -0.0800. The molecule has 2 heteroatoms. The zero-order valence-electron chi connectivity index (χ0n) is 9.82. The Kier molecular flexibility index (Phi) is 4.04. The molecule has 0 bridgehead atoms. The monoisotopic (exact) mass is 212 g/mol. The summed E-state index contributed by atoms with van der Waals surface area (Å²) in [5.74, 6) is 2.19. The molecule has 0 aromatic carbocycles. The van der Waals surface area contributed by atoms with Gasteiger partial charge in [-0.3, -0.25) is 0 Å². The molecule has 0 aromatic heterocycles. The fourth-order valence-corrected chi connectivity index (χ4v) is 3.15. The highest BCUT2D eigenvalue weighted by atomic mass is 16.5. The highest BCUT2D eigenvalue weighted by Crippen LogP contribution is 2.35. The normalized spacial score (nSPS) is 39.2. The molecular formula is C13H24O2. The van der Waals surface area contributed by atoms with Crippen LogP contribution in [-0.4, -0.2) is 24.4 Å². The van der Waals surface area contributed by atoms with E-state index in [0.717, 1.165) is 31.5 Å². The molecule has 0 radical (unpaired) electrons. The summed E-state index contributed by atoms with van der Waals surface area (Å²) in [5, 5.41) is 9.99. The molecule has 3 atom stereocenters. The van der Waals surface area contributed by atoms with Gasteiger partial charge in [-0.1, -0.05) is 6.92 Å². The topological polar surface area (TPSA) is 29.5 Å². The molecule has 1 aliphatic carbocycles. The third-order valence-corrected chi connectivity index (χ3v) is 4.18. The minimum Gasteiger partial charge on any atom is -0.393 e. The summed E-state index contributed by atoms with van der Waals surface area (Å²) in [4.78, 5) is 0. The smallest absolute Gasteiger partial charge is 0.0568 e. The Bertz CT molecular complexity index is 187. The molecule has 1 heterocycles. The average molecular weight is 212 g/mol. The molecule has 0 spiro atoms. The van der Waals surface area contributed by atoms with E-state index in [1.165, 1.54) is 32.1 Å². The van der Waals surface area contributed by atoms with Crippen molar-refractivity contribution in [2.75, 3.05) is 13.2 Å². The van der Waals surface area contributed by atoms with E-state index in [0.29, 0.717) is 5.92 Å². The van der Waals surface area contributed by atoms with Crippen molar-refractivity contribution < 1.29 is 9.84 Å². The third kappa shape index (κ3) is 3.18. The maximum Gasteiger partial charge on any atom is 0.0568 e. The predicted octanol–water partition coefficient (Wildman–Crippen LogP) is 2.60. The SMILES string of the molecule is CC1CCC(O)C(CC2CCOCC2)C1. The number of aliphatic hydroxyl groups excluding tert-OH is 1. The Morgan fingerprint density at radius 3 is 2.60 bits per heavy atom. The van der Waals surface area contributed by atoms with Gasteiger partial charge in [-0.2, -0.15) is 0 Å². The van der Waals surface area contributed by atoms with Gasteiger partial charge in [0.2, 0.25) is 0 Å². The van der Waals surface area contributed by atoms with Crippen LogP contribution in [0.1, 0.15) is 45.4 Å². The maximum absolute atomic E-state index is 9.99. The molecule has 1 N–H and O–H groups in total. The summed E-state index contributed by atoms with van der Waals surface area (Å²) < 4.78 is 5.37. The first-order valence-electron chi connectivity index (χ1n) is 6.51. The van der Waals surface area contributed by atoms with Crippen LogP contribution >= 0.6 is 0 Å². The van der Waals surface area contributed by atoms with Crippen LogP contribution in [0.25, 0.3) is 0 Å². The molecule has 2 fully saturated rings. The molecule has 0 amide bonds. The van der Waals surface area contributed by atoms with E-state index in [2.05, 4.69) is 6.92 Å². The van der Waals surface area contributed by atoms with E-state index >= 15 is 0 Å². The molecular weight excluding hydrogens is 188 g/mol. The molecule has 15 heavy (non-hydrogen) atoms. The van der Waals surface area contributed by atoms with E-state index in [1.807, 2.05) is 0 Å². The van der Waals surface area contributed by atoms with Gasteiger partial charge < -0.3 is 9.84 Å². The van der Waals surface area contributed by atoms with Gasteiger partial charge in [0.25, 0.3) is 0 Å². The van der Waals surface area contributed by atoms with E-state index in [4.69, 9.17) is 4.74 Å². The van der Waals surface area contributed by atoms with Crippen molar-refractivity contribution in [3.05, 3.63) is 0 Å². The molecule has 3 unspecified atom stereocenters. The van der Waals surface area contributed by atoms with Gasteiger partial charge in [-0.25, -0.2) is 0 Å². The summed E-state index contributed by atoms with van der Waals surface area (Å²) in [6.45, 7) is 4.19. The number of rotatable bonds is 2. The zero-order chi connectivity index (χ0) is 10.7. The molecule has 2 aliphatic rings. The molecule has 88 valence electrons. The van der Waals surface area contributed by atoms with Gasteiger partial charge in [0.15, 0.2) is 0 Å². The quantitative estimate of drug-likeness (QED) is 0.762. The van der Waals surface area contributed by atoms with Crippen molar-refractivity contribution in [3.63, 3.8) is 0 Å². The van der Waals surface area contributed by atoms with Crippen LogP contribution in [0.5, 0.6) is 0 Å². The summed E-state index contributed by atoms with van der Waals surface area (Å²) >= 11 is 0. The molecule has 1 saturated heterocycles. The van der Waals surface area contributed by atoms with Crippen LogP contribution in [0.4, 0.5) is 0 Å². The van der Waals surface area contributed by atoms with Crippen molar-refractivity contribution in [2.45, 2.75) is 51.6 Å². The molecule has 1 saturated carbocycles. The summed E-state index contributed by atoms with van der Waals surface area (Å²) in [7, 11) is 0. The highest BCUT2D eigenvalue weighted by molar-refractivity contribution is 4.80. The lowest BCUT2D eigenvalue weighted by Gasteiger charge is -2.35. The summed E-state index contributed by atoms with van der Waals surface area (Å²) in [5.41, 5.74) is 0. The maximum atomic E-state index is 9.99. The fraction of sp³-hybridized carbons (Fsp3) is 1.00. The van der Waals surface area contributed by atoms with Gasteiger partial charge in [-0.15, -0.1) is 0 Å². The van der Waals surface area contributed by atoms with Crippen molar-refractivity contribution in [1.82, 2.24) is 0 Å². The molecule has 0 aromatic rings. The minimum atomic E-state index is -0.0240. The molecule has 1 aliphatic heterocycles. The lowest BCUT2D eigenvalue weighted by atomic mass is 9.75. The zero-order valence-corrected chi connectivity index (χ0v) is 9.82. The highest BCUT2D eigenvalue weighted by Gasteiger charge is 2.29. The van der Waals surface area contributed by atoms with Gasteiger partial charge in [0, 0.05) is 13.2 Å². The Morgan fingerprint density at radius 2 is 1.87 bits per heavy atom. The Labute approximate surface area is 93.0 Å². The first kappa shape index (κ1) is 11.4. The van der Waals surface area contributed by atoms with E-state index in [-0.39, 0.29) is 6.10 Å². The van der Waals surface area contributed by atoms with Gasteiger partial charge in [-0.05, 0) is 56.3 Å². The number of ether oxygens (including phenoxy) is 1. The van der Waals surface area contributed by atoms with Gasteiger partial charge >= 0.3 is 0 Å². The first-order valence-corrected chi connectivity index (χ1v) is 6.51. The van der Waals surface area contributed by atoms with Gasteiger partial charge in [0.1, 0.15) is 0 Å². The van der Waals surface area contributed by atoms with Crippen molar-refractivity contribution in [2.24, 2.45) is 17.8 Å².